The second-order valence-corrected chi connectivity index (χ2v) is 4.78. The van der Waals surface area contributed by atoms with Gasteiger partial charge in [-0.3, -0.25) is 4.79 Å². The van der Waals surface area contributed by atoms with Crippen molar-refractivity contribution >= 4 is 51.2 Å². The molecule has 0 amide bonds. The van der Waals surface area contributed by atoms with Crippen LogP contribution in [0, 0.1) is 7.27 Å². The van der Waals surface area contributed by atoms with Gasteiger partial charge in [0.05, 0.1) is 6.42 Å². The van der Waals surface area contributed by atoms with Crippen molar-refractivity contribution in [1.29, 1.82) is 0 Å². The fourth-order valence-corrected chi connectivity index (χ4v) is 2.06. The van der Waals surface area contributed by atoms with E-state index in [0.29, 0.717) is 12.8 Å². The third-order valence-corrected chi connectivity index (χ3v) is 4.59. The summed E-state index contributed by atoms with van der Waals surface area (Å²) >= 11 is 3.71. The summed E-state index contributed by atoms with van der Waals surface area (Å²) in [6, 6.07) is 1.14. The van der Waals surface area contributed by atoms with E-state index in [0.717, 1.165) is 6.07 Å². The van der Waals surface area contributed by atoms with Gasteiger partial charge in [-0.15, -0.1) is 0 Å². The van der Waals surface area contributed by atoms with E-state index in [1.54, 1.807) is 0 Å². The van der Waals surface area contributed by atoms with Crippen molar-refractivity contribution in [3.05, 3.63) is 24.6 Å². The van der Waals surface area contributed by atoms with Crippen LogP contribution in [0.4, 0.5) is 8.78 Å². The topological polar surface area (TPSA) is 50.2 Å². The minimum atomic E-state index is -2.68. The van der Waals surface area contributed by atoms with E-state index in [4.69, 9.17) is 5.11 Å². The minimum absolute atomic E-state index is 0.267. The van der Waals surface area contributed by atoms with Gasteiger partial charge in [0.15, 0.2) is 0 Å². The molecule has 3 nitrogen and oxygen atoms in total. The van der Waals surface area contributed by atoms with E-state index in [-0.39, 0.29) is 12.1 Å². The average molecular weight is 439 g/mol. The van der Waals surface area contributed by atoms with Crippen molar-refractivity contribution in [2.75, 3.05) is 0 Å². The highest BCUT2D eigenvalue weighted by molar-refractivity contribution is 14.1. The molecule has 7 heteroatoms. The van der Waals surface area contributed by atoms with Crippen LogP contribution in [0.15, 0.2) is 6.07 Å². The number of alkyl halides is 2. The molecule has 1 aromatic rings. The highest BCUT2D eigenvalue weighted by atomic mass is 127. The Kier molecular flexibility index (Phi) is 4.62. The Bertz CT molecular complexity index is 398. The van der Waals surface area contributed by atoms with Crippen LogP contribution in [0.2, 0.25) is 0 Å². The zero-order valence-electron chi connectivity index (χ0n) is 7.18. The maximum absolute atomic E-state index is 12.4. The standard InChI is InChI=1S/C8H5F2I2NO2/c9-7(10)4-1-3(2-5(14)15)6(11)8(12)13-4/h1,7H,2H2,(H,14,15). The fourth-order valence-electron chi connectivity index (χ4n) is 0.972. The monoisotopic (exact) mass is 439 g/mol. The predicted molar refractivity (Wildman–Crippen MR) is 66.0 cm³/mol. The van der Waals surface area contributed by atoms with Crippen molar-refractivity contribution in [2.24, 2.45) is 0 Å². The highest BCUT2D eigenvalue weighted by Gasteiger charge is 2.16. The van der Waals surface area contributed by atoms with Crippen molar-refractivity contribution in [3.63, 3.8) is 0 Å². The molecular formula is C8H5F2I2NO2. The van der Waals surface area contributed by atoms with Gasteiger partial charge in [-0.2, -0.15) is 0 Å². The van der Waals surface area contributed by atoms with Crippen LogP contribution >= 0.6 is 45.2 Å². The highest BCUT2D eigenvalue weighted by Crippen LogP contribution is 2.24. The first kappa shape index (κ1) is 13.0. The first-order valence-corrected chi connectivity index (χ1v) is 5.92. The van der Waals surface area contributed by atoms with Crippen molar-refractivity contribution in [1.82, 2.24) is 4.98 Å². The van der Waals surface area contributed by atoms with Crippen LogP contribution in [-0.4, -0.2) is 16.1 Å². The molecule has 0 unspecified atom stereocenters. The van der Waals surface area contributed by atoms with Crippen LogP contribution in [0.25, 0.3) is 0 Å². The maximum Gasteiger partial charge on any atom is 0.307 e. The molecule has 0 saturated heterocycles. The Morgan fingerprint density at radius 3 is 2.60 bits per heavy atom. The summed E-state index contributed by atoms with van der Waals surface area (Å²) in [7, 11) is 0. The molecule has 0 atom stereocenters. The zero-order chi connectivity index (χ0) is 11.6. The second-order valence-electron chi connectivity index (χ2n) is 2.68. The lowest BCUT2D eigenvalue weighted by molar-refractivity contribution is -0.136. The lowest BCUT2D eigenvalue weighted by atomic mass is 10.2. The van der Waals surface area contributed by atoms with Crippen LogP contribution in [0.3, 0.4) is 0 Å². The number of aromatic nitrogens is 1. The smallest absolute Gasteiger partial charge is 0.307 e. The number of hydrogen-bond donors (Lipinski definition) is 1. The van der Waals surface area contributed by atoms with E-state index in [1.165, 1.54) is 0 Å². The van der Waals surface area contributed by atoms with Crippen LogP contribution < -0.4 is 0 Å². The Labute approximate surface area is 112 Å². The zero-order valence-corrected chi connectivity index (χ0v) is 11.5. The number of carboxylic acid groups (broad SMARTS) is 1. The number of hydrogen-bond acceptors (Lipinski definition) is 2. The molecule has 1 N–H and O–H groups in total. The molecule has 0 saturated carbocycles. The molecule has 1 heterocycles. The molecule has 1 aromatic heterocycles. The molecule has 0 aromatic carbocycles. The van der Waals surface area contributed by atoms with Crippen LogP contribution in [-0.2, 0) is 11.2 Å². The van der Waals surface area contributed by atoms with Crippen molar-refractivity contribution in [3.8, 4) is 0 Å². The molecule has 0 aliphatic carbocycles. The number of carboxylic acids is 1. The van der Waals surface area contributed by atoms with Crippen molar-refractivity contribution in [2.45, 2.75) is 12.8 Å². The SMILES string of the molecule is O=C(O)Cc1cc(C(F)F)nc(I)c1I. The normalized spacial score (nSPS) is 10.7. The summed E-state index contributed by atoms with van der Waals surface area (Å²) in [6.07, 6.45) is -2.95. The summed E-state index contributed by atoms with van der Waals surface area (Å²) in [5.41, 5.74) is -0.00568. The summed E-state index contributed by atoms with van der Waals surface area (Å²) in [6.45, 7) is 0. The molecule has 0 aliphatic heterocycles. The summed E-state index contributed by atoms with van der Waals surface area (Å²) in [5, 5.41) is 8.60. The Morgan fingerprint density at radius 1 is 1.53 bits per heavy atom. The Balaban J connectivity index is 3.18. The van der Waals surface area contributed by atoms with Gasteiger partial charge in [-0.1, -0.05) is 0 Å². The lowest BCUT2D eigenvalue weighted by Gasteiger charge is -2.06. The van der Waals surface area contributed by atoms with Gasteiger partial charge in [-0.25, -0.2) is 13.8 Å². The third-order valence-electron chi connectivity index (χ3n) is 1.58. The van der Waals surface area contributed by atoms with Crippen molar-refractivity contribution < 1.29 is 18.7 Å². The average Bonchev–Trinajstić information content (AvgIpc) is 2.11. The number of carbonyl (C=O) groups is 1. The molecule has 0 aliphatic rings. The van der Waals surface area contributed by atoms with Gasteiger partial charge in [0.1, 0.15) is 9.39 Å². The van der Waals surface area contributed by atoms with E-state index in [2.05, 4.69) is 4.98 Å². The number of aliphatic carboxylic acids is 1. The second kappa shape index (κ2) is 5.32. The van der Waals surface area contributed by atoms with Gasteiger partial charge in [0.2, 0.25) is 0 Å². The predicted octanol–water partition coefficient (Wildman–Crippen LogP) is 2.86. The molecule has 0 spiro atoms. The van der Waals surface area contributed by atoms with E-state index >= 15 is 0 Å². The number of halogens is 4. The Hall–Kier alpha value is -0.0600. The van der Waals surface area contributed by atoms with Gasteiger partial charge >= 0.3 is 5.97 Å². The van der Waals surface area contributed by atoms with Gasteiger partial charge < -0.3 is 5.11 Å². The van der Waals surface area contributed by atoms with Crippen LogP contribution in [0.5, 0.6) is 0 Å². The molecule has 1 rings (SSSR count). The van der Waals surface area contributed by atoms with Gasteiger partial charge in [0, 0.05) is 3.57 Å². The van der Waals surface area contributed by atoms with Gasteiger partial charge in [-0.05, 0) is 56.8 Å². The lowest BCUT2D eigenvalue weighted by Crippen LogP contribution is -2.06. The maximum atomic E-state index is 12.4. The molecule has 82 valence electrons. The summed E-state index contributed by atoms with van der Waals surface area (Å²) < 4.78 is 25.8. The quantitative estimate of drug-likeness (QED) is 0.583. The molecule has 15 heavy (non-hydrogen) atoms. The number of rotatable bonds is 3. The number of nitrogens with zero attached hydrogens (tertiary/aromatic N) is 1. The number of pyridine rings is 1. The summed E-state index contributed by atoms with van der Waals surface area (Å²) in [4.78, 5) is 14.2. The Morgan fingerprint density at radius 2 is 2.13 bits per heavy atom. The van der Waals surface area contributed by atoms with E-state index in [9.17, 15) is 13.6 Å². The summed E-state index contributed by atoms with van der Waals surface area (Å²) in [5.74, 6) is -1.05. The van der Waals surface area contributed by atoms with Crippen LogP contribution in [0.1, 0.15) is 17.7 Å². The first-order valence-electron chi connectivity index (χ1n) is 3.76. The van der Waals surface area contributed by atoms with E-state index in [1.807, 2.05) is 45.2 Å². The third kappa shape index (κ3) is 3.47. The minimum Gasteiger partial charge on any atom is -0.481 e. The van der Waals surface area contributed by atoms with Gasteiger partial charge in [0.25, 0.3) is 6.43 Å². The molecule has 0 fully saturated rings. The largest absolute Gasteiger partial charge is 0.481 e. The fraction of sp³-hybridized carbons (Fsp3) is 0.250. The van der Waals surface area contributed by atoms with E-state index < -0.39 is 12.4 Å². The first-order chi connectivity index (χ1) is 6.91. The molecule has 0 radical (unpaired) electrons. The molecular weight excluding hydrogens is 434 g/mol. The molecule has 0 bridgehead atoms.